The molecule has 2 fully saturated rings. The van der Waals surface area contributed by atoms with Crippen LogP contribution in [0.5, 0.6) is 11.5 Å². The fraction of sp³-hybridized carbons (Fsp3) is 0.333. The molecule has 0 bridgehead atoms. The maximum Gasteiger partial charge on any atom is 0.282 e. The lowest BCUT2D eigenvalue weighted by Crippen LogP contribution is -2.58. The van der Waals surface area contributed by atoms with Gasteiger partial charge in [-0.2, -0.15) is 0 Å². The minimum Gasteiger partial charge on any atom is -0.507 e. The lowest BCUT2D eigenvalue weighted by molar-refractivity contribution is -0.113. The molecular formula is C21H20ClF2N2O4P. The highest BCUT2D eigenvalue weighted by atomic mass is 35.5. The van der Waals surface area contributed by atoms with Crippen molar-refractivity contribution >= 4 is 38.0 Å². The van der Waals surface area contributed by atoms with Crippen LogP contribution in [-0.2, 0) is 0 Å². The topological polar surface area (TPSA) is 81.1 Å². The van der Waals surface area contributed by atoms with Gasteiger partial charge in [0, 0.05) is 18.2 Å². The number of phenols is 2. The molecule has 2 unspecified atom stereocenters. The van der Waals surface area contributed by atoms with Crippen LogP contribution >= 0.6 is 20.8 Å². The summed E-state index contributed by atoms with van der Waals surface area (Å²) in [7, 11) is 2.54. The summed E-state index contributed by atoms with van der Waals surface area (Å²) in [4.78, 5) is 28.2. The maximum atomic E-state index is 13.1. The molecule has 2 atom stereocenters. The molecule has 4 rings (SSSR count). The average molecular weight is 469 g/mol. The van der Waals surface area contributed by atoms with Crippen LogP contribution in [0.15, 0.2) is 30.3 Å². The Balaban J connectivity index is 1.57. The highest BCUT2D eigenvalue weighted by molar-refractivity contribution is 7.27. The summed E-state index contributed by atoms with van der Waals surface area (Å²) >= 11 is 5.90. The molecule has 0 spiro atoms. The Morgan fingerprint density at radius 2 is 1.81 bits per heavy atom. The molecule has 2 N–H and O–H groups in total. The Labute approximate surface area is 184 Å². The molecular weight excluding hydrogens is 449 g/mol. The quantitative estimate of drug-likeness (QED) is 0.677. The van der Waals surface area contributed by atoms with E-state index in [1.54, 1.807) is 23.1 Å². The van der Waals surface area contributed by atoms with E-state index in [9.17, 15) is 28.6 Å². The minimum absolute atomic E-state index is 0.00878. The van der Waals surface area contributed by atoms with Crippen molar-refractivity contribution in [2.45, 2.75) is 24.8 Å². The molecule has 2 heterocycles. The van der Waals surface area contributed by atoms with E-state index in [0.717, 1.165) is 23.0 Å². The van der Waals surface area contributed by atoms with Crippen LogP contribution in [0.4, 0.5) is 8.78 Å². The Hall–Kier alpha value is -2.44. The lowest BCUT2D eigenvalue weighted by Gasteiger charge is -2.38. The standard InChI is InChI=1S/C21H20ClF2N2O4P/c22-14-7-13(16(27)8-17(14)28)20(30)26-5-1-2-15(26)12-4-3-11(6-18(12)31)19(29)25-9-21(23,24)10-25/h3-4,6-8,15,27-28H,1-2,5,9-10,31H2. The van der Waals surface area contributed by atoms with Gasteiger partial charge in [0.2, 0.25) is 0 Å². The van der Waals surface area contributed by atoms with E-state index >= 15 is 0 Å². The molecule has 2 aromatic carbocycles. The molecule has 0 saturated carbocycles. The van der Waals surface area contributed by atoms with E-state index in [0.29, 0.717) is 23.8 Å². The van der Waals surface area contributed by atoms with Crippen LogP contribution < -0.4 is 5.30 Å². The normalized spacial score (nSPS) is 19.9. The summed E-state index contributed by atoms with van der Waals surface area (Å²) in [5.41, 5.74) is 1.11. The zero-order valence-electron chi connectivity index (χ0n) is 16.3. The minimum atomic E-state index is -2.83. The molecule has 10 heteroatoms. The van der Waals surface area contributed by atoms with Gasteiger partial charge in [-0.1, -0.05) is 17.7 Å². The summed E-state index contributed by atoms with van der Waals surface area (Å²) in [6.07, 6.45) is 1.43. The molecule has 6 nitrogen and oxygen atoms in total. The van der Waals surface area contributed by atoms with Crippen molar-refractivity contribution in [3.05, 3.63) is 52.0 Å². The molecule has 0 aliphatic carbocycles. The monoisotopic (exact) mass is 468 g/mol. The zero-order valence-corrected chi connectivity index (χ0v) is 18.2. The lowest BCUT2D eigenvalue weighted by atomic mass is 10.0. The number of hydrogen-bond donors (Lipinski definition) is 2. The number of nitrogens with zero attached hydrogens (tertiary/aromatic N) is 2. The number of carbonyl (C=O) groups is 2. The van der Waals surface area contributed by atoms with Crippen LogP contribution in [0.25, 0.3) is 0 Å². The van der Waals surface area contributed by atoms with Crippen molar-refractivity contribution in [3.63, 3.8) is 0 Å². The Kier molecular flexibility index (Phi) is 5.56. The molecule has 164 valence electrons. The predicted molar refractivity (Wildman–Crippen MR) is 114 cm³/mol. The second-order valence-electron chi connectivity index (χ2n) is 7.84. The van der Waals surface area contributed by atoms with Crippen LogP contribution in [0.1, 0.15) is 45.2 Å². The second-order valence-corrected chi connectivity index (χ2v) is 8.87. The van der Waals surface area contributed by atoms with Crippen LogP contribution in [0.2, 0.25) is 5.02 Å². The third-order valence-corrected chi connectivity index (χ3v) is 6.44. The van der Waals surface area contributed by atoms with Gasteiger partial charge in [-0.05, 0) is 41.9 Å². The van der Waals surface area contributed by atoms with Crippen LogP contribution in [-0.4, -0.2) is 57.4 Å². The summed E-state index contributed by atoms with van der Waals surface area (Å²) in [6, 6.07) is 6.90. The van der Waals surface area contributed by atoms with Gasteiger partial charge in [0.25, 0.3) is 17.7 Å². The number of aromatic hydroxyl groups is 2. The molecule has 2 saturated heterocycles. The number of likely N-dealkylation sites (tertiary alicyclic amines) is 2. The van der Waals surface area contributed by atoms with Crippen LogP contribution in [0.3, 0.4) is 0 Å². The van der Waals surface area contributed by atoms with E-state index < -0.39 is 30.8 Å². The number of halogens is 3. The first-order valence-corrected chi connectivity index (χ1v) is 10.6. The smallest absolute Gasteiger partial charge is 0.282 e. The summed E-state index contributed by atoms with van der Waals surface area (Å²) in [6.45, 7) is -0.693. The van der Waals surface area contributed by atoms with Crippen molar-refractivity contribution in [1.29, 1.82) is 0 Å². The largest absolute Gasteiger partial charge is 0.507 e. The second kappa shape index (κ2) is 7.92. The number of carbonyl (C=O) groups excluding carboxylic acids is 2. The highest BCUT2D eigenvalue weighted by Crippen LogP contribution is 2.37. The third-order valence-electron chi connectivity index (χ3n) is 5.63. The first-order chi connectivity index (χ1) is 14.6. The molecule has 2 aromatic rings. The Morgan fingerprint density at radius 1 is 1.10 bits per heavy atom. The van der Waals surface area contributed by atoms with Gasteiger partial charge >= 0.3 is 0 Å². The first-order valence-electron chi connectivity index (χ1n) is 9.66. The van der Waals surface area contributed by atoms with Crippen molar-refractivity contribution in [1.82, 2.24) is 9.80 Å². The Morgan fingerprint density at radius 3 is 2.45 bits per heavy atom. The van der Waals surface area contributed by atoms with Crippen molar-refractivity contribution in [2.75, 3.05) is 19.6 Å². The van der Waals surface area contributed by atoms with Crippen molar-refractivity contribution in [3.8, 4) is 11.5 Å². The summed E-state index contributed by atoms with van der Waals surface area (Å²) in [5.74, 6) is -4.39. The fourth-order valence-corrected chi connectivity index (χ4v) is 4.69. The van der Waals surface area contributed by atoms with E-state index in [1.165, 1.54) is 6.07 Å². The molecule has 0 radical (unpaired) electrons. The van der Waals surface area contributed by atoms with Crippen molar-refractivity contribution < 1.29 is 28.6 Å². The van der Waals surface area contributed by atoms with E-state index in [-0.39, 0.29) is 28.1 Å². The van der Waals surface area contributed by atoms with E-state index in [2.05, 4.69) is 9.24 Å². The summed E-state index contributed by atoms with van der Waals surface area (Å²) < 4.78 is 26.1. The molecule has 2 amide bonds. The fourth-order valence-electron chi connectivity index (χ4n) is 4.06. The van der Waals surface area contributed by atoms with Gasteiger partial charge in [0.05, 0.1) is 29.7 Å². The van der Waals surface area contributed by atoms with E-state index in [4.69, 9.17) is 11.6 Å². The van der Waals surface area contributed by atoms with Gasteiger partial charge in [-0.25, -0.2) is 8.78 Å². The van der Waals surface area contributed by atoms with Gasteiger partial charge in [0.1, 0.15) is 11.5 Å². The first kappa shape index (κ1) is 21.8. The molecule has 2 aliphatic heterocycles. The van der Waals surface area contributed by atoms with Crippen molar-refractivity contribution in [2.24, 2.45) is 0 Å². The van der Waals surface area contributed by atoms with Crippen LogP contribution in [0, 0.1) is 0 Å². The third kappa shape index (κ3) is 4.06. The van der Waals surface area contributed by atoms with Gasteiger partial charge in [-0.3, -0.25) is 9.59 Å². The molecule has 2 aliphatic rings. The Bertz CT molecular complexity index is 1070. The number of rotatable bonds is 3. The average Bonchev–Trinajstić information content (AvgIpc) is 3.17. The number of amides is 2. The highest BCUT2D eigenvalue weighted by Gasteiger charge is 2.46. The predicted octanol–water partition coefficient (Wildman–Crippen LogP) is 3.32. The summed E-state index contributed by atoms with van der Waals surface area (Å²) in [5, 5.41) is 20.4. The van der Waals surface area contributed by atoms with Gasteiger partial charge in [-0.15, -0.1) is 9.24 Å². The number of benzene rings is 2. The molecule has 31 heavy (non-hydrogen) atoms. The number of hydrogen-bond acceptors (Lipinski definition) is 4. The number of alkyl halides is 2. The SMILES string of the molecule is O=C(c1ccc(C2CCCN2C(=O)c2cc(Cl)c(O)cc2O)c(P)c1)N1CC(F)(F)C1. The molecule has 0 aromatic heterocycles. The van der Waals surface area contributed by atoms with Gasteiger partial charge in [0.15, 0.2) is 0 Å². The maximum absolute atomic E-state index is 13.1. The van der Waals surface area contributed by atoms with E-state index in [1.807, 2.05) is 0 Å². The number of phenolic OH excluding ortho intramolecular Hbond substituents is 2. The zero-order chi connectivity index (χ0) is 22.5. The van der Waals surface area contributed by atoms with Gasteiger partial charge < -0.3 is 20.0 Å².